The van der Waals surface area contributed by atoms with Gasteiger partial charge in [0.2, 0.25) is 0 Å². The molecule has 0 amide bonds. The van der Waals surface area contributed by atoms with Crippen LogP contribution in [0, 0.1) is 0 Å². The van der Waals surface area contributed by atoms with Crippen molar-refractivity contribution >= 4 is 6.16 Å². The number of rotatable bonds is 4. The quantitative estimate of drug-likeness (QED) is 0.506. The van der Waals surface area contributed by atoms with Crippen molar-refractivity contribution in [2.24, 2.45) is 5.73 Å². The molecule has 10 heavy (non-hydrogen) atoms. The van der Waals surface area contributed by atoms with E-state index >= 15 is 0 Å². The molecule has 0 atom stereocenters. The molecule has 0 fully saturated rings. The Bertz CT molecular complexity index is 85.6. The maximum atomic E-state index is 10.3. The Hall–Kier alpha value is -0.810. The van der Waals surface area contributed by atoms with Crippen molar-refractivity contribution in [1.82, 2.24) is 0 Å². The number of carbonyl (C=O) groups is 1. The molecular formula is C5H11NO4. The molecule has 0 aromatic carbocycles. The largest absolute Gasteiger partial charge is 0.508 e. The predicted octanol–water partition coefficient (Wildman–Crippen LogP) is -0.909. The molecule has 0 heterocycles. The van der Waals surface area contributed by atoms with Crippen molar-refractivity contribution in [1.29, 1.82) is 0 Å². The van der Waals surface area contributed by atoms with Crippen LogP contribution < -0.4 is 5.73 Å². The van der Waals surface area contributed by atoms with Crippen molar-refractivity contribution in [3.05, 3.63) is 0 Å². The average molecular weight is 149 g/mol. The molecule has 5 nitrogen and oxygen atoms in total. The van der Waals surface area contributed by atoms with Gasteiger partial charge in [0.1, 0.15) is 13.2 Å². The maximum Gasteiger partial charge on any atom is 0.508 e. The molecule has 0 spiro atoms. The number of hydrogen-bond acceptors (Lipinski definition) is 5. The van der Waals surface area contributed by atoms with Gasteiger partial charge in [0.15, 0.2) is 0 Å². The van der Waals surface area contributed by atoms with E-state index in [0.717, 1.165) is 0 Å². The van der Waals surface area contributed by atoms with Gasteiger partial charge >= 0.3 is 6.16 Å². The first-order valence-corrected chi connectivity index (χ1v) is 2.91. The minimum absolute atomic E-state index is 0.0383. The lowest BCUT2D eigenvalue weighted by Gasteiger charge is -2.01. The minimum atomic E-state index is -0.792. The molecule has 0 aromatic rings. The van der Waals surface area contributed by atoms with Crippen molar-refractivity contribution in [3.8, 4) is 0 Å². The van der Waals surface area contributed by atoms with Crippen LogP contribution in [0.4, 0.5) is 4.79 Å². The fourth-order valence-electron chi connectivity index (χ4n) is 0.313. The van der Waals surface area contributed by atoms with Gasteiger partial charge < -0.3 is 20.3 Å². The van der Waals surface area contributed by atoms with Crippen LogP contribution in [-0.2, 0) is 9.47 Å². The SMILES string of the molecule is NCCOC(=O)OCCO. The zero-order valence-electron chi connectivity index (χ0n) is 5.58. The van der Waals surface area contributed by atoms with E-state index in [9.17, 15) is 4.79 Å². The molecule has 60 valence electrons. The summed E-state index contributed by atoms with van der Waals surface area (Å²) in [5, 5.41) is 8.18. The van der Waals surface area contributed by atoms with E-state index in [0.29, 0.717) is 0 Å². The Kier molecular flexibility index (Phi) is 5.80. The Balaban J connectivity index is 3.09. The van der Waals surface area contributed by atoms with E-state index in [2.05, 4.69) is 9.47 Å². The van der Waals surface area contributed by atoms with Gasteiger partial charge in [0.05, 0.1) is 6.61 Å². The highest BCUT2D eigenvalue weighted by Crippen LogP contribution is 1.82. The number of aliphatic hydroxyl groups excluding tert-OH is 1. The van der Waals surface area contributed by atoms with Crippen molar-refractivity contribution in [3.63, 3.8) is 0 Å². The van der Waals surface area contributed by atoms with E-state index in [1.807, 2.05) is 0 Å². The van der Waals surface area contributed by atoms with Gasteiger partial charge in [-0.05, 0) is 0 Å². The fourth-order valence-corrected chi connectivity index (χ4v) is 0.313. The summed E-state index contributed by atoms with van der Waals surface area (Å²) >= 11 is 0. The van der Waals surface area contributed by atoms with Gasteiger partial charge in [0, 0.05) is 6.54 Å². The fraction of sp³-hybridized carbons (Fsp3) is 0.800. The Labute approximate surface area is 58.7 Å². The molecule has 0 aliphatic heterocycles. The standard InChI is InChI=1S/C5H11NO4/c6-1-3-9-5(8)10-4-2-7/h7H,1-4,6H2. The lowest BCUT2D eigenvalue weighted by molar-refractivity contribution is 0.0453. The normalized spacial score (nSPS) is 9.00. The van der Waals surface area contributed by atoms with E-state index < -0.39 is 6.16 Å². The smallest absolute Gasteiger partial charge is 0.433 e. The Morgan fingerprint density at radius 1 is 1.40 bits per heavy atom. The number of carbonyl (C=O) groups excluding carboxylic acids is 1. The van der Waals surface area contributed by atoms with Crippen LogP contribution in [0.2, 0.25) is 0 Å². The summed E-state index contributed by atoms with van der Waals surface area (Å²) in [5.74, 6) is 0. The van der Waals surface area contributed by atoms with Gasteiger partial charge in [0.25, 0.3) is 0 Å². The molecule has 0 rings (SSSR count). The number of aliphatic hydroxyl groups is 1. The monoisotopic (exact) mass is 149 g/mol. The third kappa shape index (κ3) is 5.33. The summed E-state index contributed by atoms with van der Waals surface area (Å²) in [6.45, 7) is 0.180. The molecular weight excluding hydrogens is 138 g/mol. The van der Waals surface area contributed by atoms with Crippen LogP contribution >= 0.6 is 0 Å². The van der Waals surface area contributed by atoms with Crippen molar-refractivity contribution in [2.75, 3.05) is 26.4 Å². The van der Waals surface area contributed by atoms with E-state index in [4.69, 9.17) is 10.8 Å². The average Bonchev–Trinajstić information content (AvgIpc) is 1.97. The van der Waals surface area contributed by atoms with Gasteiger partial charge in [-0.2, -0.15) is 0 Å². The number of nitrogens with two attached hydrogens (primary N) is 1. The molecule has 0 aromatic heterocycles. The second-order valence-electron chi connectivity index (χ2n) is 1.46. The van der Waals surface area contributed by atoms with Crippen LogP contribution in [0.1, 0.15) is 0 Å². The number of ether oxygens (including phenoxy) is 2. The first kappa shape index (κ1) is 9.19. The van der Waals surface area contributed by atoms with Crippen LogP contribution in [-0.4, -0.2) is 37.6 Å². The van der Waals surface area contributed by atoms with Gasteiger partial charge in [-0.1, -0.05) is 0 Å². The lowest BCUT2D eigenvalue weighted by Crippen LogP contribution is -2.15. The molecule has 5 heteroatoms. The minimum Gasteiger partial charge on any atom is -0.433 e. The summed E-state index contributed by atoms with van der Waals surface area (Å²) in [6.07, 6.45) is -0.792. The molecule has 0 radical (unpaired) electrons. The molecule has 0 aliphatic carbocycles. The highest BCUT2D eigenvalue weighted by Gasteiger charge is 1.99. The van der Waals surface area contributed by atoms with E-state index in [1.165, 1.54) is 0 Å². The summed E-state index contributed by atoms with van der Waals surface area (Å²) in [6, 6.07) is 0. The third-order valence-corrected chi connectivity index (χ3v) is 0.649. The first-order valence-electron chi connectivity index (χ1n) is 2.91. The molecule has 0 unspecified atom stereocenters. The van der Waals surface area contributed by atoms with Crippen LogP contribution in [0.25, 0.3) is 0 Å². The third-order valence-electron chi connectivity index (χ3n) is 0.649. The summed E-state index contributed by atoms with van der Waals surface area (Å²) in [7, 11) is 0. The zero-order valence-corrected chi connectivity index (χ0v) is 5.58. The molecule has 0 saturated heterocycles. The first-order chi connectivity index (χ1) is 4.81. The Morgan fingerprint density at radius 2 is 2.00 bits per heavy atom. The zero-order chi connectivity index (χ0) is 7.82. The van der Waals surface area contributed by atoms with Gasteiger partial charge in [-0.15, -0.1) is 0 Å². The van der Waals surface area contributed by atoms with Crippen LogP contribution in [0.15, 0.2) is 0 Å². The molecule has 0 saturated carbocycles. The number of hydrogen-bond donors (Lipinski definition) is 2. The van der Waals surface area contributed by atoms with Crippen LogP contribution in [0.5, 0.6) is 0 Å². The van der Waals surface area contributed by atoms with E-state index in [-0.39, 0.29) is 26.4 Å². The maximum absolute atomic E-state index is 10.3. The van der Waals surface area contributed by atoms with Gasteiger partial charge in [-0.25, -0.2) is 4.79 Å². The lowest BCUT2D eigenvalue weighted by atomic mass is 10.7. The highest BCUT2D eigenvalue weighted by atomic mass is 16.7. The van der Waals surface area contributed by atoms with Gasteiger partial charge in [-0.3, -0.25) is 0 Å². The van der Waals surface area contributed by atoms with Crippen molar-refractivity contribution < 1.29 is 19.4 Å². The second-order valence-corrected chi connectivity index (χ2v) is 1.46. The molecule has 0 bridgehead atoms. The molecule has 0 aliphatic rings. The van der Waals surface area contributed by atoms with Crippen molar-refractivity contribution in [2.45, 2.75) is 0 Å². The van der Waals surface area contributed by atoms with Crippen LogP contribution in [0.3, 0.4) is 0 Å². The predicted molar refractivity (Wildman–Crippen MR) is 33.4 cm³/mol. The Morgan fingerprint density at radius 3 is 2.50 bits per heavy atom. The second kappa shape index (κ2) is 6.31. The summed E-state index contributed by atoms with van der Waals surface area (Å²) < 4.78 is 8.72. The summed E-state index contributed by atoms with van der Waals surface area (Å²) in [5.41, 5.74) is 5.02. The molecule has 3 N–H and O–H groups in total. The summed E-state index contributed by atoms with van der Waals surface area (Å²) in [4.78, 5) is 10.3. The highest BCUT2D eigenvalue weighted by molar-refractivity contribution is 5.59. The van der Waals surface area contributed by atoms with E-state index in [1.54, 1.807) is 0 Å². The topological polar surface area (TPSA) is 81.8 Å².